The molecule has 0 saturated heterocycles. The third kappa shape index (κ3) is 4.43. The van der Waals surface area contributed by atoms with E-state index >= 15 is 0 Å². The van der Waals surface area contributed by atoms with Gasteiger partial charge in [0.15, 0.2) is 0 Å². The molecule has 1 amide bonds. The lowest BCUT2D eigenvalue weighted by Gasteiger charge is -2.18. The van der Waals surface area contributed by atoms with Gasteiger partial charge in [-0.15, -0.1) is 11.8 Å². The number of aromatic amines is 1. The van der Waals surface area contributed by atoms with Crippen LogP contribution in [-0.2, 0) is 17.1 Å². The number of H-pyrrole nitrogens is 1. The Labute approximate surface area is 154 Å². The zero-order chi connectivity index (χ0) is 18.4. The van der Waals surface area contributed by atoms with Crippen LogP contribution in [0.1, 0.15) is 18.5 Å². The second-order valence-electron chi connectivity index (χ2n) is 5.58. The molecule has 0 radical (unpaired) electrons. The summed E-state index contributed by atoms with van der Waals surface area (Å²) < 4.78 is 5.24. The second-order valence-corrected chi connectivity index (χ2v) is 6.47. The van der Waals surface area contributed by atoms with Crippen molar-refractivity contribution in [1.29, 1.82) is 0 Å². The number of benzene rings is 1. The summed E-state index contributed by atoms with van der Waals surface area (Å²) in [5.74, 6) is 1.87. The minimum absolute atomic E-state index is 0.129. The topological polar surface area (TPSA) is 79.2 Å². The Balaban J connectivity index is 1.65. The summed E-state index contributed by atoms with van der Waals surface area (Å²) in [5, 5.41) is 2.30. The Kier molecular flexibility index (Phi) is 5.91. The van der Waals surface area contributed by atoms with Gasteiger partial charge in [0.25, 0.3) is 5.56 Å². The Morgan fingerprint density at radius 3 is 2.92 bits per heavy atom. The van der Waals surface area contributed by atoms with E-state index in [9.17, 15) is 9.59 Å². The van der Waals surface area contributed by atoms with E-state index in [0.29, 0.717) is 29.0 Å². The number of hydrogen-bond donors (Lipinski definition) is 1. The predicted molar refractivity (Wildman–Crippen MR) is 103 cm³/mol. The van der Waals surface area contributed by atoms with Crippen molar-refractivity contribution in [2.75, 3.05) is 6.54 Å². The molecule has 0 unspecified atom stereocenters. The van der Waals surface area contributed by atoms with E-state index in [-0.39, 0.29) is 18.0 Å². The molecule has 26 heavy (non-hydrogen) atoms. The number of furan rings is 1. The molecule has 0 aliphatic rings. The number of aromatic nitrogens is 2. The van der Waals surface area contributed by atoms with Gasteiger partial charge in [0.1, 0.15) is 11.6 Å². The third-order valence-corrected chi connectivity index (χ3v) is 4.59. The Morgan fingerprint density at radius 1 is 1.31 bits per heavy atom. The quantitative estimate of drug-likeness (QED) is 0.647. The number of nitrogens with one attached hydrogen (secondary N) is 1. The van der Waals surface area contributed by atoms with Crippen molar-refractivity contribution in [3.05, 3.63) is 76.1 Å². The van der Waals surface area contributed by atoms with Crippen LogP contribution in [0.3, 0.4) is 0 Å². The minimum Gasteiger partial charge on any atom is -0.468 e. The standard InChI is InChI=1S/C19H19N3O3S/c1-2-22(18(23)9-11-26-13-14-6-5-10-25-14)12-17-20-16-8-4-3-7-15(16)19(24)21-17/h3-11H,2,12-13H2,1H3,(H,20,21,24)/b11-9+. The highest BCUT2D eigenvalue weighted by Crippen LogP contribution is 2.14. The van der Waals surface area contributed by atoms with Crippen LogP contribution in [0.4, 0.5) is 0 Å². The van der Waals surface area contributed by atoms with Gasteiger partial charge in [-0.3, -0.25) is 9.59 Å². The molecular formula is C19H19N3O3S. The van der Waals surface area contributed by atoms with E-state index in [1.165, 1.54) is 17.8 Å². The SMILES string of the molecule is CCN(Cc1nc2ccccc2c(=O)[nH]1)C(=O)/C=C/SCc1ccco1. The Bertz CT molecular complexity index is 964. The van der Waals surface area contributed by atoms with E-state index in [4.69, 9.17) is 4.42 Å². The zero-order valence-corrected chi connectivity index (χ0v) is 15.2. The van der Waals surface area contributed by atoms with Gasteiger partial charge in [0.05, 0.1) is 29.5 Å². The van der Waals surface area contributed by atoms with Crippen LogP contribution >= 0.6 is 11.8 Å². The van der Waals surface area contributed by atoms with Crippen molar-refractivity contribution in [2.24, 2.45) is 0 Å². The molecule has 134 valence electrons. The lowest BCUT2D eigenvalue weighted by Crippen LogP contribution is -2.30. The lowest BCUT2D eigenvalue weighted by atomic mass is 10.2. The molecule has 1 aromatic carbocycles. The molecule has 3 aromatic rings. The van der Waals surface area contributed by atoms with Crippen molar-refractivity contribution in [1.82, 2.24) is 14.9 Å². The first-order chi connectivity index (χ1) is 12.7. The number of nitrogens with zero attached hydrogens (tertiary/aromatic N) is 2. The van der Waals surface area contributed by atoms with E-state index in [2.05, 4.69) is 9.97 Å². The Morgan fingerprint density at radius 2 is 2.15 bits per heavy atom. The van der Waals surface area contributed by atoms with Crippen molar-refractivity contribution in [2.45, 2.75) is 19.2 Å². The molecule has 0 bridgehead atoms. The summed E-state index contributed by atoms with van der Waals surface area (Å²) in [6.45, 7) is 2.66. The van der Waals surface area contributed by atoms with E-state index in [0.717, 1.165) is 5.76 Å². The number of carbonyl (C=O) groups excluding carboxylic acids is 1. The fourth-order valence-corrected chi connectivity index (χ4v) is 3.11. The molecule has 0 aliphatic heterocycles. The number of thioether (sulfide) groups is 1. The highest BCUT2D eigenvalue weighted by molar-refractivity contribution is 8.01. The molecule has 0 spiro atoms. The molecule has 0 saturated carbocycles. The van der Waals surface area contributed by atoms with Crippen LogP contribution in [0.5, 0.6) is 0 Å². The maximum absolute atomic E-state index is 12.4. The molecule has 0 atom stereocenters. The van der Waals surface area contributed by atoms with Gasteiger partial charge >= 0.3 is 0 Å². The van der Waals surface area contributed by atoms with E-state index in [1.807, 2.05) is 25.1 Å². The fourth-order valence-electron chi connectivity index (χ4n) is 2.47. The van der Waals surface area contributed by atoms with Crippen LogP contribution in [0.25, 0.3) is 10.9 Å². The number of rotatable bonds is 7. The number of amides is 1. The van der Waals surface area contributed by atoms with Crippen molar-refractivity contribution in [3.63, 3.8) is 0 Å². The van der Waals surface area contributed by atoms with E-state index < -0.39 is 0 Å². The largest absolute Gasteiger partial charge is 0.468 e. The molecular weight excluding hydrogens is 350 g/mol. The molecule has 6 nitrogen and oxygen atoms in total. The molecule has 3 rings (SSSR count). The average Bonchev–Trinajstić information content (AvgIpc) is 3.16. The zero-order valence-electron chi connectivity index (χ0n) is 14.3. The summed E-state index contributed by atoms with van der Waals surface area (Å²) in [4.78, 5) is 33.3. The predicted octanol–water partition coefficient (Wildman–Crippen LogP) is 3.31. The molecule has 2 heterocycles. The van der Waals surface area contributed by atoms with Gasteiger partial charge in [-0.1, -0.05) is 12.1 Å². The van der Waals surface area contributed by atoms with Crippen LogP contribution < -0.4 is 5.56 Å². The van der Waals surface area contributed by atoms with Gasteiger partial charge in [-0.05, 0) is 36.6 Å². The number of hydrogen-bond acceptors (Lipinski definition) is 5. The number of fused-ring (bicyclic) bond motifs is 1. The van der Waals surface area contributed by atoms with Crippen molar-refractivity contribution >= 4 is 28.6 Å². The van der Waals surface area contributed by atoms with Gasteiger partial charge in [-0.2, -0.15) is 0 Å². The number of carbonyl (C=O) groups is 1. The number of likely N-dealkylation sites (N-methyl/N-ethyl adjacent to an activating group) is 1. The highest BCUT2D eigenvalue weighted by Gasteiger charge is 2.12. The van der Waals surface area contributed by atoms with Crippen LogP contribution in [0, 0.1) is 0 Å². The maximum Gasteiger partial charge on any atom is 0.258 e. The van der Waals surface area contributed by atoms with Crippen molar-refractivity contribution in [3.8, 4) is 0 Å². The van der Waals surface area contributed by atoms with Gasteiger partial charge in [0, 0.05) is 12.6 Å². The normalized spacial score (nSPS) is 11.3. The van der Waals surface area contributed by atoms with Crippen molar-refractivity contribution < 1.29 is 9.21 Å². The highest BCUT2D eigenvalue weighted by atomic mass is 32.2. The van der Waals surface area contributed by atoms with E-state index in [1.54, 1.807) is 34.8 Å². The third-order valence-electron chi connectivity index (χ3n) is 3.81. The minimum atomic E-state index is -0.196. The van der Waals surface area contributed by atoms with Gasteiger partial charge in [-0.25, -0.2) is 4.98 Å². The first-order valence-electron chi connectivity index (χ1n) is 8.24. The maximum atomic E-state index is 12.4. The first kappa shape index (κ1) is 18.0. The Hall–Kier alpha value is -2.80. The van der Waals surface area contributed by atoms with Crippen LogP contribution in [0.15, 0.2) is 63.4 Å². The van der Waals surface area contributed by atoms with Gasteiger partial charge < -0.3 is 14.3 Å². The van der Waals surface area contributed by atoms with Crippen LogP contribution in [-0.4, -0.2) is 27.3 Å². The monoisotopic (exact) mass is 369 g/mol. The molecule has 1 N–H and O–H groups in total. The molecule has 7 heteroatoms. The first-order valence-corrected chi connectivity index (χ1v) is 9.29. The summed E-state index contributed by atoms with van der Waals surface area (Å²) in [6.07, 6.45) is 3.15. The second kappa shape index (κ2) is 8.53. The molecule has 2 aromatic heterocycles. The smallest absolute Gasteiger partial charge is 0.258 e. The summed E-state index contributed by atoms with van der Waals surface area (Å²) in [5.41, 5.74) is 0.429. The summed E-state index contributed by atoms with van der Waals surface area (Å²) >= 11 is 1.48. The lowest BCUT2D eigenvalue weighted by molar-refractivity contribution is -0.126. The molecule has 0 aliphatic carbocycles. The van der Waals surface area contributed by atoms with Crippen LogP contribution in [0.2, 0.25) is 0 Å². The summed E-state index contributed by atoms with van der Waals surface area (Å²) in [7, 11) is 0. The molecule has 0 fully saturated rings. The number of para-hydroxylation sites is 1. The van der Waals surface area contributed by atoms with Gasteiger partial charge in [0.2, 0.25) is 5.91 Å². The fraction of sp³-hybridized carbons (Fsp3) is 0.211. The average molecular weight is 369 g/mol. The summed E-state index contributed by atoms with van der Waals surface area (Å²) in [6, 6.07) is 10.9.